The number of Topliss-reactive ketones (excluding diaryl/α,β-unsaturated/α-hetero) is 1. The van der Waals surface area contributed by atoms with Crippen molar-refractivity contribution in [1.82, 2.24) is 10.4 Å². The highest BCUT2D eigenvalue weighted by Gasteiger charge is 2.49. The van der Waals surface area contributed by atoms with Crippen LogP contribution in [0.15, 0.2) is 66.7 Å². The van der Waals surface area contributed by atoms with Gasteiger partial charge in [-0.25, -0.2) is 5.84 Å². The molecule has 5 bridgehead atoms. The summed E-state index contributed by atoms with van der Waals surface area (Å²) in [4.78, 5) is 53.7. The number of carbonyl (C=O) groups excluding carboxylic acids is 4. The average molecular weight is 835 g/mol. The molecule has 9 N–H and O–H groups in total. The fraction of sp³-hybridized carbons (Fsp3) is 0.419. The van der Waals surface area contributed by atoms with Gasteiger partial charge >= 0.3 is 11.8 Å². The highest BCUT2D eigenvalue weighted by atomic mass is 16.7. The SMILES string of the molecule is CO[C@H]1/C=C/O[C@@]2(C)Oc3c(C)c(O)c4c(O)c(cc(O)c4c3C2=O)NC(=O)/C(C)=C\C=C\[C@@H](C)[C@H](O)[C@@H](C)[C@@H](O)[C@@H](C)[C@H](OC(C)=O)[C@@H]1C.NNC(=O)c1ccncc1. The fourth-order valence-corrected chi connectivity index (χ4v) is 7.24. The quantitative estimate of drug-likeness (QED) is 0.0453. The summed E-state index contributed by atoms with van der Waals surface area (Å²) < 4.78 is 23.2. The van der Waals surface area contributed by atoms with Crippen molar-refractivity contribution in [2.45, 2.75) is 85.6 Å². The largest absolute Gasteiger partial charge is 0.507 e. The number of hydrogen-bond donors (Lipinski definition) is 8. The number of nitrogens with one attached hydrogen (secondary N) is 2. The number of aliphatic hydroxyl groups excluding tert-OH is 2. The first-order valence-corrected chi connectivity index (χ1v) is 19.2. The van der Waals surface area contributed by atoms with E-state index in [4.69, 9.17) is 24.8 Å². The molecule has 0 fully saturated rings. The number of anilines is 1. The number of aromatic nitrogens is 1. The lowest BCUT2D eigenvalue weighted by Gasteiger charge is -2.38. The summed E-state index contributed by atoms with van der Waals surface area (Å²) in [6.07, 6.45) is 6.68. The number of rotatable bonds is 3. The summed E-state index contributed by atoms with van der Waals surface area (Å²) >= 11 is 0. The molecule has 6 rings (SSSR count). The van der Waals surface area contributed by atoms with Crippen LogP contribution < -0.4 is 21.3 Å². The molecular weight excluding hydrogens is 780 g/mol. The number of amides is 2. The van der Waals surface area contributed by atoms with Crippen molar-refractivity contribution in [3.63, 3.8) is 0 Å². The Bertz CT molecular complexity index is 2190. The predicted molar refractivity (Wildman–Crippen MR) is 220 cm³/mol. The minimum Gasteiger partial charge on any atom is -0.507 e. The van der Waals surface area contributed by atoms with E-state index in [0.717, 1.165) is 6.07 Å². The Morgan fingerprint density at radius 3 is 2.20 bits per heavy atom. The van der Waals surface area contributed by atoms with Gasteiger partial charge in [-0.15, -0.1) is 0 Å². The molecule has 4 heterocycles. The normalized spacial score (nSPS) is 29.2. The van der Waals surface area contributed by atoms with Crippen molar-refractivity contribution in [2.24, 2.45) is 29.5 Å². The molecule has 2 aromatic carbocycles. The first kappa shape index (κ1) is 46.7. The van der Waals surface area contributed by atoms with Crippen LogP contribution in [0.2, 0.25) is 0 Å². The summed E-state index contributed by atoms with van der Waals surface area (Å²) in [6.45, 7) is 12.5. The van der Waals surface area contributed by atoms with E-state index < -0.39 is 88.8 Å². The standard InChI is InChI=1S/C37H47NO12.C6H7N3O/c1-16-11-10-12-17(2)36(46)38-23-15-24(40)26-27(32(23)44)31(43)21(6)34-28(26)35(45)37(8,50-34)48-14-13-25(47-9)18(3)33(49-22(7)39)20(5)30(42)19(4)29(16)41;7-9-6(10)5-1-3-8-4-2-5/h10-16,18-20,25,29-30,33,40-44H,1-9H3,(H,38,46);1-4H,7H2,(H,9,10)/b11-10+,14-13+,17-12-;/t16-,18-,19-,20-,25+,29+,30-,33-,37+;/m1./s1. The van der Waals surface area contributed by atoms with Crippen LogP contribution in [0.4, 0.5) is 5.69 Å². The van der Waals surface area contributed by atoms with Crippen LogP contribution in [-0.2, 0) is 23.8 Å². The van der Waals surface area contributed by atoms with Gasteiger partial charge in [0.15, 0.2) is 5.75 Å². The number of fused-ring (bicyclic) bond motifs is 14. The molecule has 0 aliphatic carbocycles. The van der Waals surface area contributed by atoms with E-state index in [0.29, 0.717) is 5.56 Å². The Morgan fingerprint density at radius 1 is 0.950 bits per heavy atom. The maximum atomic E-state index is 13.9. The molecule has 1 aromatic heterocycles. The number of allylic oxidation sites excluding steroid dienone is 2. The van der Waals surface area contributed by atoms with Gasteiger partial charge in [0.1, 0.15) is 23.4 Å². The summed E-state index contributed by atoms with van der Waals surface area (Å²) in [5.74, 6) is -3.41. The number of ether oxygens (including phenoxy) is 4. The molecular formula is C43H54N4O13. The third-order valence-electron chi connectivity index (χ3n) is 10.9. The molecule has 0 spiro atoms. The number of methoxy groups -OCH3 is 1. The van der Waals surface area contributed by atoms with Crippen LogP contribution in [0, 0.1) is 30.6 Å². The number of ketones is 1. The van der Waals surface area contributed by atoms with Crippen molar-refractivity contribution < 1.29 is 63.7 Å². The van der Waals surface area contributed by atoms with Crippen LogP contribution in [0.3, 0.4) is 0 Å². The van der Waals surface area contributed by atoms with Crippen LogP contribution in [0.5, 0.6) is 23.0 Å². The Labute approximate surface area is 347 Å². The highest BCUT2D eigenvalue weighted by molar-refractivity contribution is 6.21. The molecule has 60 heavy (non-hydrogen) atoms. The second kappa shape index (κ2) is 19.4. The lowest BCUT2D eigenvalue weighted by Crippen LogP contribution is -2.46. The molecule has 324 valence electrons. The lowest BCUT2D eigenvalue weighted by atomic mass is 9.78. The number of nitrogens with zero attached hydrogens (tertiary/aromatic N) is 1. The molecule has 17 heteroatoms. The molecule has 3 aromatic rings. The zero-order chi connectivity index (χ0) is 44.8. The fourth-order valence-electron chi connectivity index (χ4n) is 7.24. The Hall–Kier alpha value is -6.01. The number of aliphatic hydroxyl groups is 2. The Kier molecular flexibility index (Phi) is 15.1. The van der Waals surface area contributed by atoms with Crippen molar-refractivity contribution in [2.75, 3.05) is 12.4 Å². The van der Waals surface area contributed by atoms with E-state index in [1.807, 2.05) is 5.43 Å². The lowest BCUT2D eigenvalue weighted by molar-refractivity contribution is -0.160. The number of phenols is 3. The number of hydrazine groups is 1. The third kappa shape index (κ3) is 9.71. The summed E-state index contributed by atoms with van der Waals surface area (Å²) in [7, 11) is 1.43. The number of pyridine rings is 1. The van der Waals surface area contributed by atoms with Gasteiger partial charge < -0.3 is 49.8 Å². The van der Waals surface area contributed by atoms with Crippen LogP contribution in [0.25, 0.3) is 10.8 Å². The van der Waals surface area contributed by atoms with Gasteiger partial charge in [-0.05, 0) is 32.1 Å². The van der Waals surface area contributed by atoms with Gasteiger partial charge in [0.2, 0.25) is 0 Å². The van der Waals surface area contributed by atoms with E-state index in [1.54, 1.807) is 52.0 Å². The van der Waals surface area contributed by atoms with Gasteiger partial charge in [0, 0.05) is 85.2 Å². The maximum Gasteiger partial charge on any atom is 0.312 e. The van der Waals surface area contributed by atoms with Gasteiger partial charge in [-0.2, -0.15) is 0 Å². The van der Waals surface area contributed by atoms with E-state index in [9.17, 15) is 44.7 Å². The number of benzene rings is 2. The molecule has 0 unspecified atom stereocenters. The van der Waals surface area contributed by atoms with Crippen molar-refractivity contribution in [1.29, 1.82) is 0 Å². The van der Waals surface area contributed by atoms with E-state index in [-0.39, 0.29) is 44.8 Å². The van der Waals surface area contributed by atoms with Crippen LogP contribution >= 0.6 is 0 Å². The number of esters is 1. The summed E-state index contributed by atoms with van der Waals surface area (Å²) in [6, 6.07) is 4.23. The minimum absolute atomic E-state index is 0.0709. The topological polar surface area (TPSA) is 269 Å². The van der Waals surface area contributed by atoms with Crippen molar-refractivity contribution in [3.8, 4) is 23.0 Å². The number of phenolic OH excluding ortho intramolecular Hbond substituents is 3. The second-order valence-corrected chi connectivity index (χ2v) is 15.1. The third-order valence-corrected chi connectivity index (χ3v) is 10.9. The first-order chi connectivity index (χ1) is 28.2. The van der Waals surface area contributed by atoms with Crippen LogP contribution in [0.1, 0.15) is 74.7 Å². The average Bonchev–Trinajstić information content (AvgIpc) is 3.49. The smallest absolute Gasteiger partial charge is 0.312 e. The number of carbonyl (C=O) groups is 4. The number of nitrogen functional groups attached to an aromatic ring is 1. The maximum absolute atomic E-state index is 13.9. The zero-order valence-electron chi connectivity index (χ0n) is 34.9. The molecule has 17 nitrogen and oxygen atoms in total. The highest BCUT2D eigenvalue weighted by Crippen LogP contribution is 2.53. The molecule has 2 amide bonds. The van der Waals surface area contributed by atoms with E-state index in [1.165, 1.54) is 65.6 Å². The van der Waals surface area contributed by atoms with E-state index >= 15 is 0 Å². The predicted octanol–water partition coefficient (Wildman–Crippen LogP) is 4.44. The monoisotopic (exact) mass is 834 g/mol. The molecule has 3 aliphatic heterocycles. The zero-order valence-corrected chi connectivity index (χ0v) is 34.9. The van der Waals surface area contributed by atoms with Gasteiger partial charge in [-0.3, -0.25) is 29.6 Å². The van der Waals surface area contributed by atoms with Gasteiger partial charge in [0.25, 0.3) is 17.6 Å². The Morgan fingerprint density at radius 2 is 1.60 bits per heavy atom. The molecule has 3 aliphatic rings. The van der Waals surface area contributed by atoms with E-state index in [2.05, 4.69) is 10.3 Å². The number of aromatic hydroxyl groups is 3. The number of hydrogen-bond acceptors (Lipinski definition) is 15. The van der Waals surface area contributed by atoms with Gasteiger partial charge in [0.05, 0.1) is 41.2 Å². The Balaban J connectivity index is 0.000000693. The second-order valence-electron chi connectivity index (χ2n) is 15.1. The molecule has 0 radical (unpaired) electrons. The minimum atomic E-state index is -1.98. The molecule has 0 saturated heterocycles. The molecule has 9 atom stereocenters. The summed E-state index contributed by atoms with van der Waals surface area (Å²) in [5, 5.41) is 58.2. The first-order valence-electron chi connectivity index (χ1n) is 19.2. The van der Waals surface area contributed by atoms with Gasteiger partial charge in [-0.1, -0.05) is 45.9 Å². The van der Waals surface area contributed by atoms with Crippen molar-refractivity contribution in [3.05, 3.63) is 83.4 Å². The number of nitrogens with two attached hydrogens (primary N) is 1. The van der Waals surface area contributed by atoms with Crippen molar-refractivity contribution >= 4 is 40.0 Å². The van der Waals surface area contributed by atoms with Crippen LogP contribution in [-0.4, -0.2) is 91.4 Å². The summed E-state index contributed by atoms with van der Waals surface area (Å²) in [5.41, 5.74) is 2.43. The molecule has 0 saturated carbocycles.